The highest BCUT2D eigenvalue weighted by atomic mass is 16.5. The fourth-order valence-corrected chi connectivity index (χ4v) is 3.28. The van der Waals surface area contributed by atoms with Crippen LogP contribution >= 0.6 is 0 Å². The lowest BCUT2D eigenvalue weighted by Crippen LogP contribution is -2.43. The Kier molecular flexibility index (Phi) is 6.97. The van der Waals surface area contributed by atoms with Crippen molar-refractivity contribution in [2.45, 2.75) is 59.5 Å². The zero-order valence-electron chi connectivity index (χ0n) is 16.4. The van der Waals surface area contributed by atoms with Gasteiger partial charge >= 0.3 is 0 Å². The number of allylic oxidation sites excluding steroid dienone is 1. The number of carbonyl (C=O) groups is 2. The van der Waals surface area contributed by atoms with E-state index in [9.17, 15) is 9.59 Å². The van der Waals surface area contributed by atoms with E-state index in [1.165, 1.54) is 5.57 Å². The van der Waals surface area contributed by atoms with E-state index >= 15 is 0 Å². The molecule has 7 nitrogen and oxygen atoms in total. The van der Waals surface area contributed by atoms with Gasteiger partial charge in [-0.2, -0.15) is 0 Å². The Labute approximate surface area is 155 Å². The van der Waals surface area contributed by atoms with Gasteiger partial charge in [-0.15, -0.1) is 0 Å². The molecule has 1 saturated heterocycles. The van der Waals surface area contributed by atoms with E-state index in [-0.39, 0.29) is 23.9 Å². The number of likely N-dealkylation sites (N-methyl/N-ethyl adjacent to an activating group) is 1. The largest absolute Gasteiger partial charge is 0.361 e. The van der Waals surface area contributed by atoms with Gasteiger partial charge in [-0.1, -0.05) is 23.7 Å². The van der Waals surface area contributed by atoms with Gasteiger partial charge in [-0.25, -0.2) is 0 Å². The molecule has 0 spiro atoms. The first-order valence-corrected chi connectivity index (χ1v) is 9.28. The molecular weight excluding hydrogens is 332 g/mol. The number of carbonyl (C=O) groups excluding carboxylic acids is 2. The van der Waals surface area contributed by atoms with E-state index in [4.69, 9.17) is 4.52 Å². The molecule has 26 heavy (non-hydrogen) atoms. The minimum atomic E-state index is -0.231. The van der Waals surface area contributed by atoms with E-state index in [2.05, 4.69) is 26.8 Å². The Morgan fingerprint density at radius 2 is 2.08 bits per heavy atom. The molecule has 2 heterocycles. The third-order valence-electron chi connectivity index (χ3n) is 4.62. The minimum Gasteiger partial charge on any atom is -0.361 e. The summed E-state index contributed by atoms with van der Waals surface area (Å²) in [5.41, 5.74) is 2.39. The number of aromatic nitrogens is 1. The number of hydrogen-bond acceptors (Lipinski definition) is 5. The molecule has 1 fully saturated rings. The lowest BCUT2D eigenvalue weighted by Gasteiger charge is -2.21. The maximum atomic E-state index is 12.7. The second-order valence-corrected chi connectivity index (χ2v) is 6.97. The second kappa shape index (κ2) is 8.98. The third kappa shape index (κ3) is 4.72. The smallest absolute Gasteiger partial charge is 0.257 e. The summed E-state index contributed by atoms with van der Waals surface area (Å²) in [6.07, 6.45) is 3.34. The van der Waals surface area contributed by atoms with Crippen LogP contribution in [0.3, 0.4) is 0 Å². The Morgan fingerprint density at radius 1 is 1.35 bits per heavy atom. The highest BCUT2D eigenvalue weighted by molar-refractivity contribution is 5.96. The zero-order chi connectivity index (χ0) is 19.3. The molecule has 2 amide bonds. The summed E-state index contributed by atoms with van der Waals surface area (Å²) in [5.74, 6) is 0.366. The highest BCUT2D eigenvalue weighted by Crippen LogP contribution is 2.20. The van der Waals surface area contributed by atoms with Gasteiger partial charge < -0.3 is 15.2 Å². The van der Waals surface area contributed by atoms with Crippen LogP contribution < -0.4 is 10.6 Å². The van der Waals surface area contributed by atoms with Crippen LogP contribution in [0.5, 0.6) is 0 Å². The lowest BCUT2D eigenvalue weighted by molar-refractivity contribution is -0.125. The summed E-state index contributed by atoms with van der Waals surface area (Å²) in [6, 6.07) is -0.315. The van der Waals surface area contributed by atoms with Crippen LogP contribution in [-0.4, -0.2) is 53.6 Å². The summed E-state index contributed by atoms with van der Waals surface area (Å²) in [5, 5.41) is 9.90. The summed E-state index contributed by atoms with van der Waals surface area (Å²) in [7, 11) is 0. The zero-order valence-corrected chi connectivity index (χ0v) is 16.4. The molecule has 2 atom stereocenters. The van der Waals surface area contributed by atoms with Crippen molar-refractivity contribution in [2.24, 2.45) is 0 Å². The number of aryl methyl sites for hydroxylation is 2. The van der Waals surface area contributed by atoms with Gasteiger partial charge in [-0.05, 0) is 40.5 Å². The van der Waals surface area contributed by atoms with Crippen LogP contribution in [0.4, 0.5) is 0 Å². The Balaban J connectivity index is 2.10. The van der Waals surface area contributed by atoms with E-state index in [0.717, 1.165) is 0 Å². The molecule has 0 unspecified atom stereocenters. The summed E-state index contributed by atoms with van der Waals surface area (Å²) >= 11 is 0. The van der Waals surface area contributed by atoms with Crippen LogP contribution in [0.1, 0.15) is 55.9 Å². The standard InChI is InChI=1S/C19H30N4O3/c1-6-15-17(13(5)26-22-15)19(25)21-14-10-16(18(24)20-7-2)23(11-14)9-8-12(3)4/h8,14,16H,6-7,9-11H2,1-5H3,(H,20,24)(H,21,25)/t14-,16-/m0/s1. The maximum absolute atomic E-state index is 12.7. The molecule has 1 aliphatic heterocycles. The predicted octanol–water partition coefficient (Wildman–Crippen LogP) is 1.82. The van der Waals surface area contributed by atoms with E-state index in [1.54, 1.807) is 6.92 Å². The summed E-state index contributed by atoms with van der Waals surface area (Å²) in [6.45, 7) is 11.6. The molecular formula is C19H30N4O3. The molecule has 2 N–H and O–H groups in total. The number of amides is 2. The van der Waals surface area contributed by atoms with Crippen molar-refractivity contribution in [3.63, 3.8) is 0 Å². The first-order chi connectivity index (χ1) is 12.4. The molecule has 144 valence electrons. The highest BCUT2D eigenvalue weighted by Gasteiger charge is 2.37. The van der Waals surface area contributed by atoms with Crippen LogP contribution in [0.25, 0.3) is 0 Å². The number of rotatable bonds is 7. The first-order valence-electron chi connectivity index (χ1n) is 9.28. The lowest BCUT2D eigenvalue weighted by atomic mass is 10.1. The monoisotopic (exact) mass is 362 g/mol. The van der Waals surface area contributed by atoms with Crippen molar-refractivity contribution in [1.29, 1.82) is 0 Å². The summed E-state index contributed by atoms with van der Waals surface area (Å²) < 4.78 is 5.16. The van der Waals surface area contributed by atoms with Crippen molar-refractivity contribution in [1.82, 2.24) is 20.7 Å². The normalized spacial score (nSPS) is 20.0. The molecule has 0 aliphatic carbocycles. The minimum absolute atomic E-state index is 0.0156. The first kappa shape index (κ1) is 20.2. The maximum Gasteiger partial charge on any atom is 0.257 e. The van der Waals surface area contributed by atoms with Crippen molar-refractivity contribution in [3.8, 4) is 0 Å². The topological polar surface area (TPSA) is 87.5 Å². The number of nitrogens with zero attached hydrogens (tertiary/aromatic N) is 2. The van der Waals surface area contributed by atoms with Crippen LogP contribution in [-0.2, 0) is 11.2 Å². The number of nitrogens with one attached hydrogen (secondary N) is 2. The summed E-state index contributed by atoms with van der Waals surface area (Å²) in [4.78, 5) is 27.2. The Bertz CT molecular complexity index is 676. The van der Waals surface area contributed by atoms with Crippen molar-refractivity contribution in [3.05, 3.63) is 28.7 Å². The molecule has 7 heteroatoms. The van der Waals surface area contributed by atoms with Gasteiger partial charge in [-0.3, -0.25) is 14.5 Å². The van der Waals surface area contributed by atoms with Gasteiger partial charge in [0.15, 0.2) is 0 Å². The SMILES string of the molecule is CCNC(=O)[C@@H]1C[C@H](NC(=O)c2c(CC)noc2C)CN1CC=C(C)C. The van der Waals surface area contributed by atoms with E-state index < -0.39 is 0 Å². The van der Waals surface area contributed by atoms with Crippen LogP contribution in [0, 0.1) is 6.92 Å². The molecule has 0 bridgehead atoms. The average Bonchev–Trinajstić information content (AvgIpc) is 3.16. The van der Waals surface area contributed by atoms with Gasteiger partial charge in [0.25, 0.3) is 5.91 Å². The van der Waals surface area contributed by atoms with Crippen molar-refractivity contribution in [2.75, 3.05) is 19.6 Å². The fraction of sp³-hybridized carbons (Fsp3) is 0.632. The average molecular weight is 362 g/mol. The number of hydrogen-bond donors (Lipinski definition) is 2. The predicted molar refractivity (Wildman–Crippen MR) is 100.0 cm³/mol. The Hall–Kier alpha value is -2.15. The Morgan fingerprint density at radius 3 is 2.69 bits per heavy atom. The molecule has 1 aromatic rings. The van der Waals surface area contributed by atoms with Crippen LogP contribution in [0.15, 0.2) is 16.2 Å². The van der Waals surface area contributed by atoms with Gasteiger partial charge in [0.05, 0.1) is 11.7 Å². The molecule has 0 radical (unpaired) electrons. The van der Waals surface area contributed by atoms with Crippen molar-refractivity contribution < 1.29 is 14.1 Å². The molecule has 1 aromatic heterocycles. The van der Waals surface area contributed by atoms with Gasteiger partial charge in [0.2, 0.25) is 5.91 Å². The number of likely N-dealkylation sites (tertiary alicyclic amines) is 1. The van der Waals surface area contributed by atoms with Crippen molar-refractivity contribution >= 4 is 11.8 Å². The van der Waals surface area contributed by atoms with E-state index in [1.807, 2.05) is 27.7 Å². The van der Waals surface area contributed by atoms with Gasteiger partial charge in [0, 0.05) is 25.7 Å². The van der Waals surface area contributed by atoms with Crippen LogP contribution in [0.2, 0.25) is 0 Å². The molecule has 2 rings (SSSR count). The third-order valence-corrected chi connectivity index (χ3v) is 4.62. The van der Waals surface area contributed by atoms with Gasteiger partial charge in [0.1, 0.15) is 11.3 Å². The molecule has 0 saturated carbocycles. The molecule has 0 aromatic carbocycles. The molecule has 1 aliphatic rings. The quantitative estimate of drug-likeness (QED) is 0.723. The van der Waals surface area contributed by atoms with E-state index in [0.29, 0.717) is 49.5 Å². The fourth-order valence-electron chi connectivity index (χ4n) is 3.28. The second-order valence-electron chi connectivity index (χ2n) is 6.97.